The maximum absolute atomic E-state index is 15.9. The molecule has 288 valence electrons. The predicted octanol–water partition coefficient (Wildman–Crippen LogP) is 12.2. The standard InChI is InChI=1S/C45H30F6O4S2/c1-23-31(21-33(56-23)25-13-17-27(18-14-25)37(52)41-39(54-41)29-9-5-3-6-10-29)35-36(44(48,49)45(50,51)43(35,46)47)32-22-34(57-24(32)2)26-15-19-28(20-16-26)38(53)42-40(55-42)30-11-7-4-8-12-30/h3-22,39-42H,1-2H3. The number of carbonyl (C=O) groups excluding carboxylic acids is 2. The fraction of sp³-hybridized carbons (Fsp3) is 0.200. The van der Waals surface area contributed by atoms with E-state index in [4.69, 9.17) is 9.47 Å². The van der Waals surface area contributed by atoms with Crippen LogP contribution in [-0.4, -0.2) is 41.5 Å². The van der Waals surface area contributed by atoms with Crippen molar-refractivity contribution in [3.63, 3.8) is 0 Å². The molecule has 2 saturated heterocycles. The number of rotatable bonds is 10. The van der Waals surface area contributed by atoms with Crippen LogP contribution in [0, 0.1) is 13.8 Å². The van der Waals surface area contributed by atoms with Gasteiger partial charge < -0.3 is 9.47 Å². The number of benzene rings is 4. The van der Waals surface area contributed by atoms with Crippen LogP contribution in [0.15, 0.2) is 121 Å². The fourth-order valence-electron chi connectivity index (χ4n) is 7.52. The van der Waals surface area contributed by atoms with Crippen LogP contribution in [-0.2, 0) is 9.47 Å². The smallest absolute Gasteiger partial charge is 0.356 e. The number of halogens is 6. The summed E-state index contributed by atoms with van der Waals surface area (Å²) in [4.78, 5) is 27.2. The highest BCUT2D eigenvalue weighted by Gasteiger charge is 2.80. The van der Waals surface area contributed by atoms with Gasteiger partial charge in [-0.25, -0.2) is 0 Å². The minimum atomic E-state index is -5.72. The van der Waals surface area contributed by atoms with Crippen molar-refractivity contribution < 1.29 is 45.4 Å². The topological polar surface area (TPSA) is 59.2 Å². The summed E-state index contributed by atoms with van der Waals surface area (Å²) in [6, 6.07) is 33.7. The zero-order chi connectivity index (χ0) is 40.0. The molecule has 57 heavy (non-hydrogen) atoms. The highest BCUT2D eigenvalue weighted by molar-refractivity contribution is 7.16. The molecule has 6 aromatic rings. The van der Waals surface area contributed by atoms with Crippen LogP contribution in [0.5, 0.6) is 0 Å². The zero-order valence-corrected chi connectivity index (χ0v) is 31.7. The lowest BCUT2D eigenvalue weighted by atomic mass is 9.94. The third-order valence-electron chi connectivity index (χ3n) is 10.7. The van der Waals surface area contributed by atoms with E-state index < -0.39 is 52.2 Å². The lowest BCUT2D eigenvalue weighted by molar-refractivity contribution is -0.254. The van der Waals surface area contributed by atoms with E-state index >= 15 is 26.3 Å². The van der Waals surface area contributed by atoms with Crippen molar-refractivity contribution in [3.05, 3.63) is 164 Å². The van der Waals surface area contributed by atoms with Gasteiger partial charge in [0.25, 0.3) is 0 Å². The number of aryl methyl sites for hydroxylation is 2. The normalized spacial score (nSPS) is 22.7. The largest absolute Gasteiger partial charge is 0.380 e. The van der Waals surface area contributed by atoms with Gasteiger partial charge in [0.2, 0.25) is 0 Å². The Bertz CT molecular complexity index is 2400. The van der Waals surface area contributed by atoms with Gasteiger partial charge in [-0.05, 0) is 59.4 Å². The molecule has 4 aromatic carbocycles. The Hall–Kier alpha value is -5.14. The minimum Gasteiger partial charge on any atom is -0.356 e. The van der Waals surface area contributed by atoms with Crippen molar-refractivity contribution >= 4 is 45.4 Å². The lowest BCUT2D eigenvalue weighted by Gasteiger charge is -2.25. The summed E-state index contributed by atoms with van der Waals surface area (Å²) in [5.41, 5.74) is -0.206. The number of alkyl halides is 6. The second-order valence-corrected chi connectivity index (χ2v) is 16.8. The highest BCUT2D eigenvalue weighted by Crippen LogP contribution is 2.66. The molecule has 4 heterocycles. The number of epoxide rings is 2. The van der Waals surface area contributed by atoms with E-state index in [1.54, 1.807) is 48.5 Å². The van der Waals surface area contributed by atoms with Crippen molar-refractivity contribution in [2.24, 2.45) is 0 Å². The number of hydrogen-bond donors (Lipinski definition) is 0. The van der Waals surface area contributed by atoms with Crippen LogP contribution in [0.4, 0.5) is 26.3 Å². The van der Waals surface area contributed by atoms with E-state index in [9.17, 15) is 9.59 Å². The number of carbonyl (C=O) groups is 2. The van der Waals surface area contributed by atoms with Gasteiger partial charge in [-0.1, -0.05) is 109 Å². The molecule has 4 atom stereocenters. The Balaban J connectivity index is 1.01. The molecule has 4 unspecified atom stereocenters. The van der Waals surface area contributed by atoms with E-state index in [1.807, 2.05) is 60.7 Å². The predicted molar refractivity (Wildman–Crippen MR) is 207 cm³/mol. The minimum absolute atomic E-state index is 0.144. The van der Waals surface area contributed by atoms with Crippen molar-refractivity contribution in [1.82, 2.24) is 0 Å². The molecule has 0 bridgehead atoms. The Labute approximate surface area is 331 Å². The quantitative estimate of drug-likeness (QED) is 0.0785. The first-order valence-electron chi connectivity index (χ1n) is 18.0. The molecule has 2 aliphatic heterocycles. The van der Waals surface area contributed by atoms with Crippen molar-refractivity contribution in [2.45, 2.75) is 56.0 Å². The lowest BCUT2D eigenvalue weighted by Crippen LogP contribution is -2.48. The second kappa shape index (κ2) is 13.5. The SMILES string of the molecule is Cc1sc(-c2ccc(C(=O)C3OC3c3ccccc3)cc2)cc1C1=C(c2cc(-c3ccc(C(=O)C4OC4c4ccccc4)cc3)sc2C)C(F)(F)C(F)(F)C1(F)F. The maximum Gasteiger partial charge on any atom is 0.380 e. The van der Waals surface area contributed by atoms with Crippen LogP contribution in [0.1, 0.15) is 64.9 Å². The summed E-state index contributed by atoms with van der Waals surface area (Å²) in [5, 5.41) is 0. The van der Waals surface area contributed by atoms with Crippen molar-refractivity contribution in [2.75, 3.05) is 0 Å². The number of hydrogen-bond acceptors (Lipinski definition) is 6. The number of Topliss-reactive ketones (excluding diaryl/α,β-unsaturated/α-hetero) is 2. The molecule has 4 nitrogen and oxygen atoms in total. The monoisotopic (exact) mass is 812 g/mol. The first-order chi connectivity index (χ1) is 27.2. The van der Waals surface area contributed by atoms with Crippen LogP contribution < -0.4 is 0 Å². The Morgan fingerprint density at radius 1 is 0.526 bits per heavy atom. The Morgan fingerprint density at radius 3 is 1.23 bits per heavy atom. The average molecular weight is 813 g/mol. The molecule has 0 spiro atoms. The van der Waals surface area contributed by atoms with Gasteiger partial charge in [-0.3, -0.25) is 9.59 Å². The Morgan fingerprint density at radius 2 is 0.877 bits per heavy atom. The maximum atomic E-state index is 15.9. The van der Waals surface area contributed by atoms with Crippen molar-refractivity contribution in [1.29, 1.82) is 0 Å². The average Bonchev–Trinajstić information content (AvgIpc) is 4.12. The molecule has 2 aromatic heterocycles. The molecule has 0 saturated carbocycles. The van der Waals surface area contributed by atoms with Gasteiger partial charge in [0.1, 0.15) is 12.2 Å². The van der Waals surface area contributed by atoms with Crippen LogP contribution in [0.3, 0.4) is 0 Å². The number of ether oxygens (including phenoxy) is 2. The van der Waals surface area contributed by atoms with Crippen LogP contribution in [0.2, 0.25) is 0 Å². The molecule has 12 heteroatoms. The zero-order valence-electron chi connectivity index (χ0n) is 30.1. The molecule has 0 N–H and O–H groups in total. The van der Waals surface area contributed by atoms with Gasteiger partial charge in [0.15, 0.2) is 23.8 Å². The summed E-state index contributed by atoms with van der Waals surface area (Å²) in [7, 11) is 0. The Kier molecular flexibility index (Phi) is 8.85. The molecular formula is C45H30F6O4S2. The summed E-state index contributed by atoms with van der Waals surface area (Å²) < 4.78 is 105. The fourth-order valence-corrected chi connectivity index (χ4v) is 9.58. The van der Waals surface area contributed by atoms with Gasteiger partial charge in [0, 0.05) is 41.8 Å². The van der Waals surface area contributed by atoms with E-state index in [1.165, 1.54) is 26.0 Å². The first-order valence-corrected chi connectivity index (χ1v) is 19.6. The third-order valence-corrected chi connectivity index (χ3v) is 12.9. The highest BCUT2D eigenvalue weighted by atomic mass is 32.1. The van der Waals surface area contributed by atoms with Gasteiger partial charge in [-0.15, -0.1) is 22.7 Å². The number of allylic oxidation sites excluding steroid dienone is 2. The molecule has 0 amide bonds. The van der Waals surface area contributed by atoms with Gasteiger partial charge in [0.05, 0.1) is 0 Å². The number of thiophene rings is 2. The molecule has 0 radical (unpaired) electrons. The van der Waals surface area contributed by atoms with Crippen LogP contribution in [0.25, 0.3) is 32.0 Å². The summed E-state index contributed by atoms with van der Waals surface area (Å²) in [6.07, 6.45) is -2.01. The molecule has 2 fully saturated rings. The summed E-state index contributed by atoms with van der Waals surface area (Å²) in [6.45, 7) is 2.85. The van der Waals surface area contributed by atoms with E-state index in [-0.39, 0.29) is 33.5 Å². The van der Waals surface area contributed by atoms with Gasteiger partial charge >= 0.3 is 17.8 Å². The second-order valence-electron chi connectivity index (χ2n) is 14.3. The summed E-state index contributed by atoms with van der Waals surface area (Å²) in [5.74, 6) is -16.6. The summed E-state index contributed by atoms with van der Waals surface area (Å²) >= 11 is 1.99. The van der Waals surface area contributed by atoms with Crippen LogP contribution >= 0.6 is 22.7 Å². The van der Waals surface area contributed by atoms with Crippen molar-refractivity contribution in [3.8, 4) is 20.9 Å². The van der Waals surface area contributed by atoms with E-state index in [0.29, 0.717) is 32.0 Å². The molecular weight excluding hydrogens is 783 g/mol. The molecule has 1 aliphatic carbocycles. The molecule has 9 rings (SSSR count). The first kappa shape index (κ1) is 37.4. The van der Waals surface area contributed by atoms with Gasteiger partial charge in [-0.2, -0.15) is 26.3 Å². The third kappa shape index (κ3) is 6.12. The van der Waals surface area contributed by atoms with E-state index in [2.05, 4.69) is 0 Å². The molecule has 3 aliphatic rings. The number of ketones is 2. The van der Waals surface area contributed by atoms with E-state index in [0.717, 1.165) is 33.8 Å².